The number of benzene rings is 2. The first kappa shape index (κ1) is 17.4. The maximum absolute atomic E-state index is 12.2. The molecular formula is C17H17N3O3S2. The lowest BCUT2D eigenvalue weighted by atomic mass is 10.1. The van der Waals surface area contributed by atoms with Crippen LogP contribution in [-0.4, -0.2) is 25.6 Å². The Labute approximate surface area is 149 Å². The van der Waals surface area contributed by atoms with Crippen LogP contribution in [0, 0.1) is 13.8 Å². The van der Waals surface area contributed by atoms with Crippen LogP contribution in [0.1, 0.15) is 21.5 Å². The van der Waals surface area contributed by atoms with Crippen molar-refractivity contribution in [3.8, 4) is 0 Å². The van der Waals surface area contributed by atoms with Crippen molar-refractivity contribution in [2.75, 3.05) is 11.7 Å². The van der Waals surface area contributed by atoms with E-state index in [2.05, 4.69) is 21.9 Å². The van der Waals surface area contributed by atoms with Gasteiger partial charge in [0.1, 0.15) is 0 Å². The third kappa shape index (κ3) is 3.80. The molecule has 2 N–H and O–H groups in total. The van der Waals surface area contributed by atoms with Crippen molar-refractivity contribution in [2.45, 2.75) is 18.7 Å². The second kappa shape index (κ2) is 6.45. The fourth-order valence-electron chi connectivity index (χ4n) is 2.47. The quantitative estimate of drug-likeness (QED) is 0.684. The van der Waals surface area contributed by atoms with Crippen molar-refractivity contribution >= 4 is 42.4 Å². The first-order valence-corrected chi connectivity index (χ1v) is 10.2. The number of nitrogens with zero attached hydrogens (tertiary/aromatic N) is 1. The molecule has 0 bridgehead atoms. The zero-order valence-corrected chi connectivity index (χ0v) is 15.6. The van der Waals surface area contributed by atoms with Crippen molar-refractivity contribution in [3.63, 3.8) is 0 Å². The molecule has 0 radical (unpaired) electrons. The summed E-state index contributed by atoms with van der Waals surface area (Å²) in [5.74, 6) is -0.433. The molecule has 1 heterocycles. The molecule has 0 saturated carbocycles. The molecule has 1 amide bonds. The van der Waals surface area contributed by atoms with Gasteiger partial charge in [0.25, 0.3) is 5.91 Å². The van der Waals surface area contributed by atoms with Gasteiger partial charge in [-0.2, -0.15) is 0 Å². The molecule has 0 aliphatic rings. The molecule has 0 unspecified atom stereocenters. The third-order valence-electron chi connectivity index (χ3n) is 3.64. The topological polar surface area (TPSA) is 88.2 Å². The van der Waals surface area contributed by atoms with Gasteiger partial charge in [-0.25, -0.2) is 13.4 Å². The lowest BCUT2D eigenvalue weighted by molar-refractivity contribution is 0.0962. The van der Waals surface area contributed by atoms with Crippen molar-refractivity contribution in [3.05, 3.63) is 53.1 Å². The normalized spacial score (nSPS) is 11.5. The minimum absolute atomic E-state index is 0.103. The molecule has 25 heavy (non-hydrogen) atoms. The van der Waals surface area contributed by atoms with Crippen molar-refractivity contribution in [1.82, 2.24) is 10.4 Å². The van der Waals surface area contributed by atoms with E-state index in [0.29, 0.717) is 5.13 Å². The Morgan fingerprint density at radius 3 is 2.64 bits per heavy atom. The number of carbonyl (C=O) groups is 1. The lowest BCUT2D eigenvalue weighted by Crippen LogP contribution is -2.29. The van der Waals surface area contributed by atoms with Crippen molar-refractivity contribution in [2.24, 2.45) is 0 Å². The van der Waals surface area contributed by atoms with E-state index in [0.717, 1.165) is 27.6 Å². The van der Waals surface area contributed by atoms with E-state index >= 15 is 0 Å². The van der Waals surface area contributed by atoms with Crippen molar-refractivity contribution < 1.29 is 13.2 Å². The van der Waals surface area contributed by atoms with Crippen LogP contribution in [0.15, 0.2) is 41.3 Å². The number of amides is 1. The zero-order chi connectivity index (χ0) is 18.2. The summed E-state index contributed by atoms with van der Waals surface area (Å²) < 4.78 is 24.2. The van der Waals surface area contributed by atoms with Gasteiger partial charge in [-0.05, 0) is 49.2 Å². The molecule has 0 saturated heterocycles. The number of aromatic nitrogens is 1. The number of hydrogen-bond donors (Lipinski definition) is 2. The molecule has 1 aromatic heterocycles. The van der Waals surface area contributed by atoms with E-state index in [9.17, 15) is 13.2 Å². The Bertz CT molecular complexity index is 1070. The average molecular weight is 375 g/mol. The number of anilines is 1. The molecule has 3 rings (SSSR count). The molecule has 0 fully saturated rings. The Hall–Kier alpha value is -2.45. The predicted octanol–water partition coefficient (Wildman–Crippen LogP) is 3.07. The number of rotatable bonds is 4. The van der Waals surface area contributed by atoms with Gasteiger partial charge in [0.2, 0.25) is 5.13 Å². The number of thiazole rings is 1. The Balaban J connectivity index is 1.78. The van der Waals surface area contributed by atoms with Crippen LogP contribution in [0.25, 0.3) is 10.2 Å². The van der Waals surface area contributed by atoms with Gasteiger partial charge < -0.3 is 0 Å². The number of carbonyl (C=O) groups excluding carboxylic acids is 1. The molecule has 8 heteroatoms. The second-order valence-corrected chi connectivity index (χ2v) is 8.87. The monoisotopic (exact) mass is 375 g/mol. The van der Waals surface area contributed by atoms with Gasteiger partial charge in [0.15, 0.2) is 9.84 Å². The van der Waals surface area contributed by atoms with Gasteiger partial charge in [-0.15, -0.1) is 0 Å². The minimum atomic E-state index is -3.36. The van der Waals surface area contributed by atoms with Gasteiger partial charge in [0.05, 0.1) is 15.1 Å². The predicted molar refractivity (Wildman–Crippen MR) is 99.7 cm³/mol. The number of nitrogens with one attached hydrogen (secondary N) is 2. The molecule has 0 aliphatic carbocycles. The van der Waals surface area contributed by atoms with Crippen molar-refractivity contribution in [1.29, 1.82) is 0 Å². The van der Waals surface area contributed by atoms with Gasteiger partial charge in [-0.3, -0.25) is 15.6 Å². The van der Waals surface area contributed by atoms with Gasteiger partial charge in [0, 0.05) is 11.8 Å². The summed E-state index contributed by atoms with van der Waals surface area (Å²) >= 11 is 1.44. The molecule has 0 atom stereocenters. The first-order valence-electron chi connectivity index (χ1n) is 7.48. The maximum Gasteiger partial charge on any atom is 0.269 e. The highest BCUT2D eigenvalue weighted by Crippen LogP contribution is 2.28. The van der Waals surface area contributed by atoms with E-state index in [1.165, 1.54) is 29.5 Å². The smallest absolute Gasteiger partial charge is 0.269 e. The van der Waals surface area contributed by atoms with Crippen LogP contribution in [0.2, 0.25) is 0 Å². The number of fused-ring (bicyclic) bond motifs is 1. The zero-order valence-electron chi connectivity index (χ0n) is 14.0. The third-order valence-corrected chi connectivity index (χ3v) is 5.67. The van der Waals surface area contributed by atoms with Crippen LogP contribution < -0.4 is 10.9 Å². The summed E-state index contributed by atoms with van der Waals surface area (Å²) in [5.41, 5.74) is 8.73. The average Bonchev–Trinajstić information content (AvgIpc) is 2.95. The summed E-state index contributed by atoms with van der Waals surface area (Å²) in [5, 5.41) is 0.566. The maximum atomic E-state index is 12.2. The number of hydrazine groups is 1. The van der Waals surface area contributed by atoms with E-state index in [1.54, 1.807) is 6.07 Å². The van der Waals surface area contributed by atoms with Crippen LogP contribution in [-0.2, 0) is 9.84 Å². The summed E-state index contributed by atoms with van der Waals surface area (Å²) in [7, 11) is -3.36. The van der Waals surface area contributed by atoms with E-state index in [4.69, 9.17) is 0 Å². The SMILES string of the molecule is Cc1cc(C)c2nc(NNC(=O)c3cccc(S(C)(=O)=O)c3)sc2c1. The molecule has 6 nitrogen and oxygen atoms in total. The van der Waals surface area contributed by atoms with Crippen LogP contribution in [0.4, 0.5) is 5.13 Å². The van der Waals surface area contributed by atoms with Crippen LogP contribution in [0.5, 0.6) is 0 Å². The summed E-state index contributed by atoms with van der Waals surface area (Å²) in [6.07, 6.45) is 1.10. The first-order chi connectivity index (χ1) is 11.7. The number of aryl methyl sites for hydroxylation is 2. The lowest BCUT2D eigenvalue weighted by Gasteiger charge is -2.06. The highest BCUT2D eigenvalue weighted by atomic mass is 32.2. The molecule has 0 spiro atoms. The van der Waals surface area contributed by atoms with Gasteiger partial charge in [-0.1, -0.05) is 23.5 Å². The minimum Gasteiger partial charge on any atom is -0.273 e. The molecule has 0 aliphatic heterocycles. The van der Waals surface area contributed by atoms with E-state index in [1.807, 2.05) is 19.9 Å². The summed E-state index contributed by atoms with van der Waals surface area (Å²) in [6.45, 7) is 4.02. The number of sulfone groups is 1. The van der Waals surface area contributed by atoms with Gasteiger partial charge >= 0.3 is 0 Å². The Morgan fingerprint density at radius 1 is 1.16 bits per heavy atom. The fourth-order valence-corrected chi connectivity index (χ4v) is 4.14. The summed E-state index contributed by atoms with van der Waals surface area (Å²) in [4.78, 5) is 16.8. The highest BCUT2D eigenvalue weighted by Gasteiger charge is 2.12. The standard InChI is InChI=1S/C17H17N3O3S2/c1-10-7-11(2)15-14(8-10)24-17(18-15)20-19-16(21)12-5-4-6-13(9-12)25(3,22)23/h4-9H,1-3H3,(H,18,20)(H,19,21). The Kier molecular flexibility index (Phi) is 4.49. The van der Waals surface area contributed by atoms with E-state index in [-0.39, 0.29) is 10.5 Å². The second-order valence-electron chi connectivity index (χ2n) is 5.83. The molecule has 2 aromatic carbocycles. The molecular weight excluding hydrogens is 358 g/mol. The van der Waals surface area contributed by atoms with Crippen LogP contribution >= 0.6 is 11.3 Å². The molecule has 3 aromatic rings. The molecule has 130 valence electrons. The van der Waals surface area contributed by atoms with Crippen LogP contribution in [0.3, 0.4) is 0 Å². The Morgan fingerprint density at radius 2 is 1.92 bits per heavy atom. The highest BCUT2D eigenvalue weighted by molar-refractivity contribution is 7.90. The summed E-state index contributed by atoms with van der Waals surface area (Å²) in [6, 6.07) is 9.99. The van der Waals surface area contributed by atoms with E-state index < -0.39 is 15.7 Å². The largest absolute Gasteiger partial charge is 0.273 e. The fraction of sp³-hybridized carbons (Fsp3) is 0.176. The number of hydrogen-bond acceptors (Lipinski definition) is 6.